The molecule has 0 radical (unpaired) electrons. The van der Waals surface area contributed by atoms with Crippen LogP contribution in [0.4, 0.5) is 5.69 Å². The van der Waals surface area contributed by atoms with Crippen molar-refractivity contribution in [2.24, 2.45) is 0 Å². The van der Waals surface area contributed by atoms with E-state index in [0.717, 1.165) is 0 Å². The molecule has 0 spiro atoms. The van der Waals surface area contributed by atoms with Crippen molar-refractivity contribution in [2.45, 2.75) is 12.5 Å². The van der Waals surface area contributed by atoms with Gasteiger partial charge in [0.2, 0.25) is 11.8 Å². The zero-order chi connectivity index (χ0) is 11.7. The highest BCUT2D eigenvalue weighted by molar-refractivity contribution is 6.39. The van der Waals surface area contributed by atoms with Crippen molar-refractivity contribution in [3.63, 3.8) is 0 Å². The molecule has 0 aliphatic carbocycles. The summed E-state index contributed by atoms with van der Waals surface area (Å²) < 4.78 is 0. The van der Waals surface area contributed by atoms with E-state index >= 15 is 0 Å². The summed E-state index contributed by atoms with van der Waals surface area (Å²) in [5.41, 5.74) is 0.473. The van der Waals surface area contributed by atoms with Gasteiger partial charge in [0.1, 0.15) is 6.04 Å². The number of carbonyl (C=O) groups excluding carboxylic acids is 2. The lowest BCUT2D eigenvalue weighted by atomic mass is 10.2. The molecule has 1 unspecified atom stereocenters. The van der Waals surface area contributed by atoms with E-state index in [2.05, 4.69) is 10.6 Å². The molecule has 4 nitrogen and oxygen atoms in total. The molecule has 2 amide bonds. The van der Waals surface area contributed by atoms with Gasteiger partial charge < -0.3 is 5.32 Å². The Hall–Kier alpha value is -1.26. The first-order valence-electron chi connectivity index (χ1n) is 4.62. The molecule has 1 aliphatic rings. The normalized spacial score (nSPS) is 19.8. The maximum atomic E-state index is 11.3. The van der Waals surface area contributed by atoms with Crippen molar-refractivity contribution in [1.82, 2.24) is 5.32 Å². The summed E-state index contributed by atoms with van der Waals surface area (Å²) in [7, 11) is 0. The molecule has 1 heterocycles. The van der Waals surface area contributed by atoms with Gasteiger partial charge in [-0.05, 0) is 12.1 Å². The first-order valence-corrected chi connectivity index (χ1v) is 5.38. The largest absolute Gasteiger partial charge is 0.371 e. The predicted molar refractivity (Wildman–Crippen MR) is 61.6 cm³/mol. The van der Waals surface area contributed by atoms with Crippen LogP contribution >= 0.6 is 23.2 Å². The van der Waals surface area contributed by atoms with Gasteiger partial charge in [0, 0.05) is 0 Å². The van der Waals surface area contributed by atoms with Gasteiger partial charge >= 0.3 is 0 Å². The number of halogens is 2. The van der Waals surface area contributed by atoms with Gasteiger partial charge in [-0.2, -0.15) is 0 Å². The van der Waals surface area contributed by atoms with E-state index < -0.39 is 6.04 Å². The number of rotatable bonds is 2. The molecule has 1 atom stereocenters. The Balaban J connectivity index is 2.21. The van der Waals surface area contributed by atoms with Crippen LogP contribution in [0.15, 0.2) is 18.2 Å². The van der Waals surface area contributed by atoms with Crippen molar-refractivity contribution in [2.75, 3.05) is 5.32 Å². The number of anilines is 1. The molecular formula is C10H8Cl2N2O2. The third-order valence-corrected chi connectivity index (χ3v) is 2.88. The summed E-state index contributed by atoms with van der Waals surface area (Å²) in [6.07, 6.45) is 0.0976. The van der Waals surface area contributed by atoms with Crippen molar-refractivity contribution in [3.05, 3.63) is 28.2 Å². The van der Waals surface area contributed by atoms with Crippen LogP contribution < -0.4 is 10.6 Å². The minimum atomic E-state index is -0.607. The molecule has 1 fully saturated rings. The second kappa shape index (κ2) is 4.31. The van der Waals surface area contributed by atoms with E-state index in [0.29, 0.717) is 15.7 Å². The zero-order valence-corrected chi connectivity index (χ0v) is 9.60. The second-order valence-corrected chi connectivity index (χ2v) is 4.22. The van der Waals surface area contributed by atoms with Gasteiger partial charge in [0.15, 0.2) is 0 Å². The number of benzene rings is 1. The van der Waals surface area contributed by atoms with Gasteiger partial charge in [-0.3, -0.25) is 14.9 Å². The van der Waals surface area contributed by atoms with E-state index in [-0.39, 0.29) is 18.2 Å². The van der Waals surface area contributed by atoms with Gasteiger partial charge in [0.05, 0.1) is 22.2 Å². The van der Waals surface area contributed by atoms with Crippen molar-refractivity contribution in [3.8, 4) is 0 Å². The van der Waals surface area contributed by atoms with Gasteiger partial charge in [-0.25, -0.2) is 0 Å². The van der Waals surface area contributed by atoms with E-state index in [1.807, 2.05) is 0 Å². The third kappa shape index (κ3) is 2.13. The number of hydrogen-bond donors (Lipinski definition) is 2. The van der Waals surface area contributed by atoms with Crippen LogP contribution in [0.5, 0.6) is 0 Å². The van der Waals surface area contributed by atoms with E-state index in [4.69, 9.17) is 23.2 Å². The summed E-state index contributed by atoms with van der Waals surface area (Å²) in [4.78, 5) is 22.3. The van der Waals surface area contributed by atoms with Crippen molar-refractivity contribution >= 4 is 40.7 Å². The predicted octanol–water partition coefficient (Wildman–Crippen LogP) is 1.82. The zero-order valence-electron chi connectivity index (χ0n) is 8.09. The van der Waals surface area contributed by atoms with Crippen molar-refractivity contribution < 1.29 is 9.59 Å². The Kier molecular flexibility index (Phi) is 3.03. The topological polar surface area (TPSA) is 58.2 Å². The molecule has 2 N–H and O–H groups in total. The second-order valence-electron chi connectivity index (χ2n) is 3.41. The lowest BCUT2D eigenvalue weighted by molar-refractivity contribution is -0.124. The Morgan fingerprint density at radius 1 is 1.25 bits per heavy atom. The highest BCUT2D eigenvalue weighted by atomic mass is 35.5. The number of hydrogen-bond acceptors (Lipinski definition) is 3. The Morgan fingerprint density at radius 2 is 1.88 bits per heavy atom. The fourth-order valence-corrected chi connectivity index (χ4v) is 1.99. The lowest BCUT2D eigenvalue weighted by Crippen LogP contribution is -2.30. The SMILES string of the molecule is O=C1CC(Nc2c(Cl)cccc2Cl)C(=O)N1. The molecular weight excluding hydrogens is 251 g/mol. The molecule has 0 saturated carbocycles. The maximum Gasteiger partial charge on any atom is 0.249 e. The molecule has 6 heteroatoms. The molecule has 1 saturated heterocycles. The van der Waals surface area contributed by atoms with Gasteiger partial charge in [-0.1, -0.05) is 29.3 Å². The number of nitrogens with one attached hydrogen (secondary N) is 2. The van der Waals surface area contributed by atoms with Crippen LogP contribution in [0.2, 0.25) is 10.0 Å². The molecule has 84 valence electrons. The monoisotopic (exact) mass is 258 g/mol. The fourth-order valence-electron chi connectivity index (χ4n) is 1.48. The molecule has 0 bridgehead atoms. The van der Waals surface area contributed by atoms with Crippen LogP contribution in [0.25, 0.3) is 0 Å². The minimum Gasteiger partial charge on any atom is -0.371 e. The Bertz CT molecular complexity index is 442. The van der Waals surface area contributed by atoms with Crippen LogP contribution in [0.3, 0.4) is 0 Å². The fraction of sp³-hybridized carbons (Fsp3) is 0.200. The number of carbonyl (C=O) groups is 2. The summed E-state index contributed by atoms with van der Waals surface area (Å²) in [5, 5.41) is 5.89. The van der Waals surface area contributed by atoms with Crippen LogP contribution in [-0.2, 0) is 9.59 Å². The van der Waals surface area contributed by atoms with E-state index in [1.165, 1.54) is 0 Å². The maximum absolute atomic E-state index is 11.3. The summed E-state index contributed by atoms with van der Waals surface area (Å²) >= 11 is 11.9. The summed E-state index contributed by atoms with van der Waals surface area (Å²) in [6, 6.07) is 4.41. The molecule has 1 aromatic carbocycles. The first-order chi connectivity index (χ1) is 7.58. The highest BCUT2D eigenvalue weighted by Gasteiger charge is 2.31. The van der Waals surface area contributed by atoms with Crippen LogP contribution in [-0.4, -0.2) is 17.9 Å². The molecule has 2 rings (SSSR count). The van der Waals surface area contributed by atoms with Crippen LogP contribution in [0, 0.1) is 0 Å². The van der Waals surface area contributed by atoms with E-state index in [1.54, 1.807) is 18.2 Å². The number of imide groups is 1. The lowest BCUT2D eigenvalue weighted by Gasteiger charge is -2.13. The number of amides is 2. The average molecular weight is 259 g/mol. The highest BCUT2D eigenvalue weighted by Crippen LogP contribution is 2.31. The van der Waals surface area contributed by atoms with Gasteiger partial charge in [-0.15, -0.1) is 0 Å². The molecule has 0 aromatic heterocycles. The average Bonchev–Trinajstić information content (AvgIpc) is 2.51. The molecule has 16 heavy (non-hydrogen) atoms. The smallest absolute Gasteiger partial charge is 0.249 e. The van der Waals surface area contributed by atoms with E-state index in [9.17, 15) is 9.59 Å². The minimum absolute atomic E-state index is 0.0976. The quantitative estimate of drug-likeness (QED) is 0.796. The Morgan fingerprint density at radius 3 is 2.38 bits per heavy atom. The molecule has 1 aromatic rings. The number of para-hydroxylation sites is 1. The standard InChI is InChI=1S/C10H8Cl2N2O2/c11-5-2-1-3-6(12)9(5)13-7-4-8(15)14-10(7)16/h1-3,7,13H,4H2,(H,14,15,16). The Labute approximate surface area is 102 Å². The van der Waals surface area contributed by atoms with Crippen LogP contribution in [0.1, 0.15) is 6.42 Å². The first kappa shape index (κ1) is 11.2. The van der Waals surface area contributed by atoms with Gasteiger partial charge in [0.25, 0.3) is 0 Å². The summed E-state index contributed by atoms with van der Waals surface area (Å²) in [6.45, 7) is 0. The summed E-state index contributed by atoms with van der Waals surface area (Å²) in [5.74, 6) is -0.660. The van der Waals surface area contributed by atoms with Crippen molar-refractivity contribution in [1.29, 1.82) is 0 Å². The molecule has 1 aliphatic heterocycles. The third-order valence-electron chi connectivity index (χ3n) is 2.25.